The maximum absolute atomic E-state index is 12.8. The number of hydrogen-bond donors (Lipinski definition) is 1. The smallest absolute Gasteiger partial charge is 0.343 e. The fourth-order valence-corrected chi connectivity index (χ4v) is 4.28. The highest BCUT2D eigenvalue weighted by molar-refractivity contribution is 5.91. The summed E-state index contributed by atoms with van der Waals surface area (Å²) in [6, 6.07) is 19.3. The zero-order chi connectivity index (χ0) is 27.1. The molecule has 8 nitrogen and oxygen atoms in total. The highest BCUT2D eigenvalue weighted by Crippen LogP contribution is 2.46. The number of methoxy groups -OCH3 is 2. The average Bonchev–Trinajstić information content (AvgIpc) is 2.94. The van der Waals surface area contributed by atoms with Crippen LogP contribution in [-0.2, 0) is 0 Å². The van der Waals surface area contributed by atoms with Gasteiger partial charge < -0.3 is 29.4 Å². The lowest BCUT2D eigenvalue weighted by molar-refractivity contribution is 0.0734. The molecule has 0 fully saturated rings. The molecule has 196 valence electrons. The molecule has 0 amide bonds. The Labute approximate surface area is 222 Å². The van der Waals surface area contributed by atoms with Crippen molar-refractivity contribution in [3.63, 3.8) is 0 Å². The predicted octanol–water partition coefficient (Wildman–Crippen LogP) is 5.71. The van der Waals surface area contributed by atoms with Crippen molar-refractivity contribution in [1.29, 1.82) is 5.26 Å². The quantitative estimate of drug-likeness (QED) is 0.208. The molecule has 8 heteroatoms. The number of nitrogens with two attached hydrogens (primary N) is 1. The Balaban J connectivity index is 1.57. The predicted molar refractivity (Wildman–Crippen MR) is 142 cm³/mol. The normalized spacial score (nSPS) is 14.1. The van der Waals surface area contributed by atoms with E-state index >= 15 is 0 Å². The number of allylic oxidation sites excluding steroid dienone is 1. The van der Waals surface area contributed by atoms with Crippen LogP contribution in [0.15, 0.2) is 72.1 Å². The number of ether oxygens (including phenoxy) is 5. The van der Waals surface area contributed by atoms with Crippen LogP contribution in [0.3, 0.4) is 0 Å². The van der Waals surface area contributed by atoms with Gasteiger partial charge >= 0.3 is 5.97 Å². The van der Waals surface area contributed by atoms with E-state index in [1.807, 2.05) is 0 Å². The van der Waals surface area contributed by atoms with Gasteiger partial charge in [0.25, 0.3) is 0 Å². The number of carbonyl (C=O) groups excluding carboxylic acids is 1. The number of nitriles is 1. The zero-order valence-corrected chi connectivity index (χ0v) is 21.7. The fraction of sp³-hybridized carbons (Fsp3) is 0.267. The molecule has 1 unspecified atom stereocenters. The molecule has 0 spiro atoms. The molecule has 38 heavy (non-hydrogen) atoms. The lowest BCUT2D eigenvalue weighted by Crippen LogP contribution is -2.21. The number of hydrogen-bond acceptors (Lipinski definition) is 8. The minimum atomic E-state index is -0.566. The molecule has 0 aromatic heterocycles. The van der Waals surface area contributed by atoms with E-state index in [0.717, 1.165) is 19.3 Å². The number of rotatable bonds is 10. The summed E-state index contributed by atoms with van der Waals surface area (Å²) in [4.78, 5) is 12.8. The molecule has 4 rings (SSSR count). The van der Waals surface area contributed by atoms with E-state index in [0.29, 0.717) is 46.3 Å². The summed E-state index contributed by atoms with van der Waals surface area (Å²) in [7, 11) is 3.12. The molecule has 1 aliphatic rings. The number of esters is 1. The second-order valence-corrected chi connectivity index (χ2v) is 8.70. The van der Waals surface area contributed by atoms with Crippen molar-refractivity contribution in [2.24, 2.45) is 5.73 Å². The summed E-state index contributed by atoms with van der Waals surface area (Å²) in [5.74, 6) is 1.40. The van der Waals surface area contributed by atoms with Crippen LogP contribution >= 0.6 is 0 Å². The molecule has 0 radical (unpaired) electrons. The number of fused-ring (bicyclic) bond motifs is 1. The third-order valence-corrected chi connectivity index (χ3v) is 6.26. The molecule has 0 bridgehead atoms. The Bertz CT molecular complexity index is 1370. The zero-order valence-electron chi connectivity index (χ0n) is 21.7. The average molecular weight is 515 g/mol. The van der Waals surface area contributed by atoms with Crippen LogP contribution in [0.5, 0.6) is 28.7 Å². The summed E-state index contributed by atoms with van der Waals surface area (Å²) in [6.07, 6.45) is 3.23. The lowest BCUT2D eigenvalue weighted by atomic mass is 9.83. The molecular weight excluding hydrogens is 484 g/mol. The summed E-state index contributed by atoms with van der Waals surface area (Å²) in [5, 5.41) is 9.88. The summed E-state index contributed by atoms with van der Waals surface area (Å²) >= 11 is 0. The minimum Gasteiger partial charge on any atom is -0.497 e. The van der Waals surface area contributed by atoms with E-state index in [-0.39, 0.29) is 17.2 Å². The highest BCUT2D eigenvalue weighted by Gasteiger charge is 2.33. The van der Waals surface area contributed by atoms with Crippen molar-refractivity contribution in [3.05, 3.63) is 88.8 Å². The van der Waals surface area contributed by atoms with Gasteiger partial charge in [-0.15, -0.1) is 0 Å². The molecule has 3 aromatic carbocycles. The largest absolute Gasteiger partial charge is 0.497 e. The van der Waals surface area contributed by atoms with Crippen LogP contribution in [0.1, 0.15) is 53.6 Å². The minimum absolute atomic E-state index is 0.0344. The summed E-state index contributed by atoms with van der Waals surface area (Å²) in [6.45, 7) is 2.78. The first-order valence-electron chi connectivity index (χ1n) is 12.4. The van der Waals surface area contributed by atoms with Crippen LogP contribution in [0, 0.1) is 11.3 Å². The molecule has 3 aromatic rings. The van der Waals surface area contributed by atoms with Crippen molar-refractivity contribution in [2.45, 2.75) is 32.1 Å². The second-order valence-electron chi connectivity index (χ2n) is 8.70. The Morgan fingerprint density at radius 2 is 1.68 bits per heavy atom. The van der Waals surface area contributed by atoms with Gasteiger partial charge in [-0.25, -0.2) is 4.79 Å². The van der Waals surface area contributed by atoms with E-state index in [4.69, 9.17) is 29.4 Å². The maximum atomic E-state index is 12.8. The van der Waals surface area contributed by atoms with E-state index in [1.165, 1.54) is 0 Å². The van der Waals surface area contributed by atoms with Gasteiger partial charge in [0.15, 0.2) is 0 Å². The third-order valence-electron chi connectivity index (χ3n) is 6.26. The fourth-order valence-electron chi connectivity index (χ4n) is 4.28. The number of benzene rings is 3. The topological polar surface area (TPSA) is 113 Å². The van der Waals surface area contributed by atoms with Gasteiger partial charge in [-0.2, -0.15) is 5.26 Å². The van der Waals surface area contributed by atoms with Crippen LogP contribution in [0.25, 0.3) is 0 Å². The third kappa shape index (κ3) is 5.68. The van der Waals surface area contributed by atoms with Crippen LogP contribution in [0.2, 0.25) is 0 Å². The van der Waals surface area contributed by atoms with Gasteiger partial charge in [0.2, 0.25) is 5.88 Å². The first kappa shape index (κ1) is 26.4. The summed E-state index contributed by atoms with van der Waals surface area (Å²) in [5.41, 5.74) is 8.14. The van der Waals surface area contributed by atoms with E-state index in [1.54, 1.807) is 74.9 Å². The van der Waals surface area contributed by atoms with Gasteiger partial charge in [-0.1, -0.05) is 25.8 Å². The van der Waals surface area contributed by atoms with Crippen LogP contribution < -0.4 is 29.4 Å². The molecule has 0 saturated carbocycles. The SMILES string of the molecule is CCCCCOc1ccc(C(=O)Oc2ccc3c(c2)OC(N)=C(C#N)C3c2cc(OC)ccc2OC)cc1. The summed E-state index contributed by atoms with van der Waals surface area (Å²) < 4.78 is 28.0. The Kier molecular flexibility index (Phi) is 8.39. The highest BCUT2D eigenvalue weighted by atomic mass is 16.5. The molecule has 1 atom stereocenters. The molecule has 2 N–H and O–H groups in total. The van der Waals surface area contributed by atoms with E-state index in [2.05, 4.69) is 13.0 Å². The number of carbonyl (C=O) groups is 1. The monoisotopic (exact) mass is 514 g/mol. The molecule has 0 aliphatic carbocycles. The first-order valence-corrected chi connectivity index (χ1v) is 12.4. The maximum Gasteiger partial charge on any atom is 0.343 e. The van der Waals surface area contributed by atoms with Crippen molar-refractivity contribution >= 4 is 5.97 Å². The van der Waals surface area contributed by atoms with Crippen molar-refractivity contribution < 1.29 is 28.5 Å². The van der Waals surface area contributed by atoms with Gasteiger partial charge in [0.1, 0.15) is 40.4 Å². The van der Waals surface area contributed by atoms with Crippen molar-refractivity contribution in [2.75, 3.05) is 20.8 Å². The second kappa shape index (κ2) is 12.1. The van der Waals surface area contributed by atoms with Gasteiger partial charge in [0.05, 0.1) is 32.3 Å². The van der Waals surface area contributed by atoms with E-state index in [9.17, 15) is 10.1 Å². The Morgan fingerprint density at radius 3 is 2.37 bits per heavy atom. The molecule has 1 aliphatic heterocycles. The molecule has 1 heterocycles. The molecule has 0 saturated heterocycles. The molecular formula is C30H30N2O6. The van der Waals surface area contributed by atoms with Crippen LogP contribution in [-0.4, -0.2) is 26.8 Å². The van der Waals surface area contributed by atoms with Crippen molar-refractivity contribution in [1.82, 2.24) is 0 Å². The van der Waals surface area contributed by atoms with Gasteiger partial charge in [-0.05, 0) is 55.0 Å². The Morgan fingerprint density at radius 1 is 0.947 bits per heavy atom. The van der Waals surface area contributed by atoms with Gasteiger partial charge in [-0.3, -0.25) is 0 Å². The van der Waals surface area contributed by atoms with Crippen LogP contribution in [0.4, 0.5) is 0 Å². The number of unbranched alkanes of at least 4 members (excludes halogenated alkanes) is 2. The van der Waals surface area contributed by atoms with E-state index < -0.39 is 11.9 Å². The first-order chi connectivity index (χ1) is 18.5. The lowest BCUT2D eigenvalue weighted by Gasteiger charge is -2.28. The Hall–Kier alpha value is -4.64. The standard InChI is InChI=1S/C30H30N2O6/c1-4-5-6-15-36-20-9-7-19(8-10-20)30(33)37-22-11-13-23-27(17-22)38-29(32)25(18-31)28(23)24-16-21(34-2)12-14-26(24)35-3/h7-14,16-17,28H,4-6,15,32H2,1-3H3. The van der Waals surface area contributed by atoms with Gasteiger partial charge in [0, 0.05) is 17.2 Å². The van der Waals surface area contributed by atoms with Crippen molar-refractivity contribution in [3.8, 4) is 34.8 Å². The number of nitrogens with zero attached hydrogens (tertiary/aromatic N) is 1.